The summed E-state index contributed by atoms with van der Waals surface area (Å²) in [5.74, 6) is 0.670. The highest BCUT2D eigenvalue weighted by molar-refractivity contribution is 5.11. The largest absolute Gasteiger partial charge is 0.383 e. The molecule has 100 valence electrons. The highest BCUT2D eigenvalue weighted by atomic mass is 16.5. The van der Waals surface area contributed by atoms with E-state index in [1.807, 2.05) is 12.3 Å². The summed E-state index contributed by atoms with van der Waals surface area (Å²) in [5.41, 5.74) is 7.25. The SMILES string of the molecule is COCC(CN)(C1CC1)N(C)Cc1cccnc1. The predicted molar refractivity (Wildman–Crippen MR) is 72.1 cm³/mol. The standard InChI is InChI=1S/C14H23N3O/c1-17(9-12-4-3-7-16-8-12)14(10-15,11-18-2)13-5-6-13/h3-4,7-8,13H,5-6,9-11,15H2,1-2H3. The lowest BCUT2D eigenvalue weighted by molar-refractivity contribution is 0.0104. The predicted octanol–water partition coefficient (Wildman–Crippen LogP) is 1.27. The van der Waals surface area contributed by atoms with Crippen molar-refractivity contribution in [3.63, 3.8) is 0 Å². The van der Waals surface area contributed by atoms with Crippen LogP contribution in [0, 0.1) is 5.92 Å². The number of ether oxygens (including phenoxy) is 1. The number of hydrogen-bond donors (Lipinski definition) is 1. The van der Waals surface area contributed by atoms with Gasteiger partial charge in [-0.3, -0.25) is 9.88 Å². The van der Waals surface area contributed by atoms with Crippen molar-refractivity contribution in [2.45, 2.75) is 24.9 Å². The number of aromatic nitrogens is 1. The van der Waals surface area contributed by atoms with Crippen LogP contribution in [0.3, 0.4) is 0 Å². The molecule has 1 aliphatic rings. The molecule has 1 aromatic heterocycles. The molecule has 0 radical (unpaired) electrons. The van der Waals surface area contributed by atoms with E-state index in [0.717, 1.165) is 6.54 Å². The fraction of sp³-hybridized carbons (Fsp3) is 0.643. The molecule has 0 spiro atoms. The van der Waals surface area contributed by atoms with E-state index in [1.54, 1.807) is 13.3 Å². The highest BCUT2D eigenvalue weighted by Crippen LogP contribution is 2.42. The molecule has 1 saturated carbocycles. The summed E-state index contributed by atoms with van der Waals surface area (Å²) >= 11 is 0. The average molecular weight is 249 g/mol. The van der Waals surface area contributed by atoms with Crippen LogP contribution in [0.25, 0.3) is 0 Å². The Bertz CT molecular complexity index is 367. The third-order valence-corrected chi connectivity index (χ3v) is 3.99. The van der Waals surface area contributed by atoms with Crippen molar-refractivity contribution in [2.24, 2.45) is 11.7 Å². The van der Waals surface area contributed by atoms with Crippen LogP contribution in [-0.4, -0.2) is 42.7 Å². The molecule has 1 heterocycles. The molecule has 1 atom stereocenters. The second-order valence-electron chi connectivity index (χ2n) is 5.23. The van der Waals surface area contributed by atoms with Crippen molar-refractivity contribution in [1.29, 1.82) is 0 Å². The van der Waals surface area contributed by atoms with Crippen molar-refractivity contribution >= 4 is 0 Å². The van der Waals surface area contributed by atoms with Gasteiger partial charge >= 0.3 is 0 Å². The third-order valence-electron chi connectivity index (χ3n) is 3.99. The number of nitrogens with zero attached hydrogens (tertiary/aromatic N) is 2. The van der Waals surface area contributed by atoms with Gasteiger partial charge in [0.25, 0.3) is 0 Å². The van der Waals surface area contributed by atoms with E-state index in [9.17, 15) is 0 Å². The first-order valence-corrected chi connectivity index (χ1v) is 6.52. The Hall–Kier alpha value is -0.970. The number of rotatable bonds is 7. The molecule has 0 amide bonds. The Labute approximate surface area is 109 Å². The molecule has 2 N–H and O–H groups in total. The fourth-order valence-corrected chi connectivity index (χ4v) is 2.71. The van der Waals surface area contributed by atoms with E-state index >= 15 is 0 Å². The van der Waals surface area contributed by atoms with E-state index < -0.39 is 0 Å². The Morgan fingerprint density at radius 3 is 2.83 bits per heavy atom. The fourth-order valence-electron chi connectivity index (χ4n) is 2.71. The number of nitrogens with two attached hydrogens (primary N) is 1. The summed E-state index contributed by atoms with van der Waals surface area (Å²) in [7, 11) is 3.89. The maximum absolute atomic E-state index is 6.05. The van der Waals surface area contributed by atoms with Gasteiger partial charge in [-0.15, -0.1) is 0 Å². The maximum atomic E-state index is 6.05. The van der Waals surface area contributed by atoms with Crippen molar-refractivity contribution in [3.05, 3.63) is 30.1 Å². The molecule has 0 bridgehead atoms. The van der Waals surface area contributed by atoms with Gasteiger partial charge in [0.2, 0.25) is 0 Å². The summed E-state index contributed by atoms with van der Waals surface area (Å²) in [6, 6.07) is 4.07. The monoisotopic (exact) mass is 249 g/mol. The van der Waals surface area contributed by atoms with Gasteiger partial charge in [-0.2, -0.15) is 0 Å². The number of likely N-dealkylation sites (N-methyl/N-ethyl adjacent to an activating group) is 1. The Morgan fingerprint density at radius 1 is 1.56 bits per heavy atom. The van der Waals surface area contributed by atoms with Gasteiger partial charge in [0.05, 0.1) is 12.1 Å². The third kappa shape index (κ3) is 2.71. The first-order chi connectivity index (χ1) is 8.73. The number of pyridine rings is 1. The summed E-state index contributed by atoms with van der Waals surface area (Å²) in [5, 5.41) is 0. The minimum Gasteiger partial charge on any atom is -0.383 e. The van der Waals surface area contributed by atoms with Gasteiger partial charge in [0.1, 0.15) is 0 Å². The topological polar surface area (TPSA) is 51.4 Å². The van der Waals surface area contributed by atoms with Crippen LogP contribution < -0.4 is 5.73 Å². The smallest absolute Gasteiger partial charge is 0.0661 e. The van der Waals surface area contributed by atoms with Crippen molar-refractivity contribution in [2.75, 3.05) is 27.3 Å². The van der Waals surface area contributed by atoms with E-state index in [-0.39, 0.29) is 5.54 Å². The van der Waals surface area contributed by atoms with Crippen LogP contribution in [0.15, 0.2) is 24.5 Å². The van der Waals surface area contributed by atoms with E-state index in [1.165, 1.54) is 18.4 Å². The lowest BCUT2D eigenvalue weighted by Gasteiger charge is -2.41. The zero-order valence-electron chi connectivity index (χ0n) is 11.3. The normalized spacial score (nSPS) is 18.9. The molecule has 0 aromatic carbocycles. The maximum Gasteiger partial charge on any atom is 0.0661 e. The summed E-state index contributed by atoms with van der Waals surface area (Å²) in [6.07, 6.45) is 6.24. The number of methoxy groups -OCH3 is 1. The van der Waals surface area contributed by atoms with Gasteiger partial charge < -0.3 is 10.5 Å². The second kappa shape index (κ2) is 5.78. The zero-order chi connectivity index (χ0) is 13.0. The van der Waals surface area contributed by atoms with Crippen LogP contribution in [0.4, 0.5) is 0 Å². The van der Waals surface area contributed by atoms with Gasteiger partial charge in [-0.1, -0.05) is 6.07 Å². The molecule has 18 heavy (non-hydrogen) atoms. The van der Waals surface area contributed by atoms with Crippen LogP contribution in [-0.2, 0) is 11.3 Å². The second-order valence-corrected chi connectivity index (χ2v) is 5.23. The lowest BCUT2D eigenvalue weighted by Crippen LogP contribution is -2.56. The van der Waals surface area contributed by atoms with Crippen LogP contribution in [0.2, 0.25) is 0 Å². The Kier molecular flexibility index (Phi) is 4.32. The molecule has 0 saturated heterocycles. The molecular formula is C14H23N3O. The van der Waals surface area contributed by atoms with Crippen molar-refractivity contribution < 1.29 is 4.74 Å². The first-order valence-electron chi connectivity index (χ1n) is 6.52. The Balaban J connectivity index is 2.10. The molecule has 4 heteroatoms. The zero-order valence-corrected chi connectivity index (χ0v) is 11.3. The quantitative estimate of drug-likeness (QED) is 0.790. The van der Waals surface area contributed by atoms with E-state index in [4.69, 9.17) is 10.5 Å². The van der Waals surface area contributed by atoms with Gasteiger partial charge in [-0.25, -0.2) is 0 Å². The minimum absolute atomic E-state index is 0.0232. The van der Waals surface area contributed by atoms with Crippen molar-refractivity contribution in [1.82, 2.24) is 9.88 Å². The van der Waals surface area contributed by atoms with E-state index in [0.29, 0.717) is 19.1 Å². The lowest BCUT2D eigenvalue weighted by atomic mass is 9.92. The molecule has 4 nitrogen and oxygen atoms in total. The van der Waals surface area contributed by atoms with Crippen LogP contribution >= 0.6 is 0 Å². The Morgan fingerprint density at radius 2 is 2.33 bits per heavy atom. The molecule has 0 aliphatic heterocycles. The average Bonchev–Trinajstić information content (AvgIpc) is 3.21. The molecule has 2 rings (SSSR count). The molecule has 1 unspecified atom stereocenters. The summed E-state index contributed by atoms with van der Waals surface area (Å²) in [4.78, 5) is 6.50. The summed E-state index contributed by atoms with van der Waals surface area (Å²) < 4.78 is 5.42. The molecule has 1 aliphatic carbocycles. The van der Waals surface area contributed by atoms with Gasteiger partial charge in [0.15, 0.2) is 0 Å². The van der Waals surface area contributed by atoms with Gasteiger partial charge in [0, 0.05) is 32.6 Å². The summed E-state index contributed by atoms with van der Waals surface area (Å²) in [6.45, 7) is 2.21. The minimum atomic E-state index is -0.0232. The van der Waals surface area contributed by atoms with Crippen LogP contribution in [0.1, 0.15) is 18.4 Å². The van der Waals surface area contributed by atoms with Gasteiger partial charge in [-0.05, 0) is 37.4 Å². The van der Waals surface area contributed by atoms with E-state index in [2.05, 4.69) is 23.0 Å². The van der Waals surface area contributed by atoms with Crippen molar-refractivity contribution in [3.8, 4) is 0 Å². The number of hydrogen-bond acceptors (Lipinski definition) is 4. The first kappa shape index (κ1) is 13.5. The highest BCUT2D eigenvalue weighted by Gasteiger charge is 2.47. The molecule has 1 aromatic rings. The molecule has 1 fully saturated rings. The van der Waals surface area contributed by atoms with Crippen LogP contribution in [0.5, 0.6) is 0 Å². The molecular weight excluding hydrogens is 226 g/mol.